The number of rotatable bonds is 8. The minimum absolute atomic E-state index is 0.183. The lowest BCUT2D eigenvalue weighted by atomic mass is 10.2. The summed E-state index contributed by atoms with van der Waals surface area (Å²) in [5.74, 6) is 1.10. The van der Waals surface area contributed by atoms with Crippen molar-refractivity contribution in [1.29, 1.82) is 0 Å². The molecule has 0 bridgehead atoms. The number of para-hydroxylation sites is 1. The number of hydrogen-bond donors (Lipinski definition) is 0. The van der Waals surface area contributed by atoms with E-state index in [1.54, 1.807) is 38.1 Å². The van der Waals surface area contributed by atoms with Gasteiger partial charge in [0, 0.05) is 18.3 Å². The van der Waals surface area contributed by atoms with Crippen molar-refractivity contribution in [3.63, 3.8) is 0 Å². The number of anilines is 1. The molecule has 0 fully saturated rings. The Labute approximate surface area is 154 Å². The largest absolute Gasteiger partial charge is 0.493 e. The second-order valence-electron chi connectivity index (χ2n) is 5.56. The van der Waals surface area contributed by atoms with Crippen LogP contribution in [0.25, 0.3) is 0 Å². The average molecular weight is 356 g/mol. The summed E-state index contributed by atoms with van der Waals surface area (Å²) >= 11 is 0. The van der Waals surface area contributed by atoms with Gasteiger partial charge >= 0.3 is 0 Å². The monoisotopic (exact) mass is 356 g/mol. The summed E-state index contributed by atoms with van der Waals surface area (Å²) in [7, 11) is 3.29. The molecule has 0 saturated heterocycles. The van der Waals surface area contributed by atoms with Crippen LogP contribution in [0.3, 0.4) is 0 Å². The second kappa shape index (κ2) is 9.46. The number of methoxy groups -OCH3 is 1. The van der Waals surface area contributed by atoms with Crippen LogP contribution < -0.4 is 14.4 Å². The van der Waals surface area contributed by atoms with Crippen molar-refractivity contribution in [3.05, 3.63) is 54.1 Å². The Morgan fingerprint density at radius 1 is 1.19 bits per heavy atom. The van der Waals surface area contributed by atoms with Gasteiger partial charge in [0.2, 0.25) is 6.10 Å². The zero-order chi connectivity index (χ0) is 18.9. The van der Waals surface area contributed by atoms with Crippen LogP contribution in [-0.4, -0.2) is 39.0 Å². The van der Waals surface area contributed by atoms with Crippen LogP contribution in [0.1, 0.15) is 19.4 Å². The Hall–Kier alpha value is -3.02. The first kappa shape index (κ1) is 19.3. The van der Waals surface area contributed by atoms with E-state index in [-0.39, 0.29) is 5.91 Å². The Bertz CT molecular complexity index is 747. The second-order valence-corrected chi connectivity index (χ2v) is 5.56. The highest BCUT2D eigenvalue weighted by Gasteiger charge is 2.20. The van der Waals surface area contributed by atoms with E-state index in [2.05, 4.69) is 5.16 Å². The molecule has 2 rings (SSSR count). The fourth-order valence-electron chi connectivity index (χ4n) is 2.32. The summed E-state index contributed by atoms with van der Waals surface area (Å²) in [5.41, 5.74) is 1.58. The van der Waals surface area contributed by atoms with E-state index in [1.165, 1.54) is 6.21 Å². The summed E-state index contributed by atoms with van der Waals surface area (Å²) in [4.78, 5) is 19.2. The number of carbonyl (C=O) groups excluding carboxylic acids is 1. The normalized spacial score (nSPS) is 11.8. The summed E-state index contributed by atoms with van der Waals surface area (Å²) in [6, 6.07) is 14.8. The lowest BCUT2D eigenvalue weighted by molar-refractivity contribution is -0.128. The quantitative estimate of drug-likeness (QED) is 0.536. The summed E-state index contributed by atoms with van der Waals surface area (Å²) < 4.78 is 10.8. The fourth-order valence-corrected chi connectivity index (χ4v) is 2.32. The number of benzene rings is 2. The van der Waals surface area contributed by atoms with E-state index in [1.807, 2.05) is 43.3 Å². The van der Waals surface area contributed by atoms with Gasteiger partial charge in [-0.1, -0.05) is 23.4 Å². The maximum Gasteiger partial charge on any atom is 0.270 e. The molecule has 1 atom stereocenters. The third-order valence-electron chi connectivity index (χ3n) is 3.73. The number of amides is 1. The van der Waals surface area contributed by atoms with Gasteiger partial charge in [0.05, 0.1) is 19.9 Å². The van der Waals surface area contributed by atoms with Crippen LogP contribution in [0.5, 0.6) is 11.5 Å². The van der Waals surface area contributed by atoms with Gasteiger partial charge in [-0.2, -0.15) is 0 Å². The predicted octanol–water partition coefficient (Wildman–Crippen LogP) is 3.50. The van der Waals surface area contributed by atoms with E-state index < -0.39 is 6.10 Å². The molecule has 0 spiro atoms. The van der Waals surface area contributed by atoms with E-state index in [0.29, 0.717) is 18.1 Å². The van der Waals surface area contributed by atoms with E-state index >= 15 is 0 Å². The van der Waals surface area contributed by atoms with Crippen molar-refractivity contribution in [1.82, 2.24) is 0 Å². The molecule has 138 valence electrons. The van der Waals surface area contributed by atoms with Gasteiger partial charge in [-0.15, -0.1) is 0 Å². The van der Waals surface area contributed by atoms with Gasteiger partial charge in [0.15, 0.2) is 11.5 Å². The molecule has 26 heavy (non-hydrogen) atoms. The van der Waals surface area contributed by atoms with Crippen molar-refractivity contribution < 1.29 is 19.1 Å². The number of likely N-dealkylation sites (N-methyl/N-ethyl adjacent to an activating group) is 1. The molecule has 2 aromatic carbocycles. The Morgan fingerprint density at radius 2 is 1.92 bits per heavy atom. The highest BCUT2D eigenvalue weighted by atomic mass is 16.6. The summed E-state index contributed by atoms with van der Waals surface area (Å²) in [6.07, 6.45) is 0.825. The van der Waals surface area contributed by atoms with Gasteiger partial charge in [0.25, 0.3) is 5.91 Å². The lowest BCUT2D eigenvalue weighted by Gasteiger charge is -2.20. The molecule has 1 unspecified atom stereocenters. The molecular formula is C20H24N2O4. The van der Waals surface area contributed by atoms with Gasteiger partial charge < -0.3 is 19.2 Å². The van der Waals surface area contributed by atoms with Crippen LogP contribution in [0.2, 0.25) is 0 Å². The molecule has 0 saturated carbocycles. The first-order valence-electron chi connectivity index (χ1n) is 8.39. The average Bonchev–Trinajstić information content (AvgIpc) is 2.68. The predicted molar refractivity (Wildman–Crippen MR) is 102 cm³/mol. The van der Waals surface area contributed by atoms with Gasteiger partial charge in [-0.3, -0.25) is 4.79 Å². The van der Waals surface area contributed by atoms with E-state index in [4.69, 9.17) is 14.3 Å². The van der Waals surface area contributed by atoms with Crippen LogP contribution in [0.4, 0.5) is 5.69 Å². The molecular weight excluding hydrogens is 332 g/mol. The Kier molecular flexibility index (Phi) is 7.02. The summed E-state index contributed by atoms with van der Waals surface area (Å²) in [5, 5.41) is 3.92. The van der Waals surface area contributed by atoms with Crippen molar-refractivity contribution in [2.75, 3.05) is 25.7 Å². The SMILES string of the molecule is CCOc1ccc(C=NOC(C)C(=O)N(C)c2ccccc2)cc1OC. The van der Waals surface area contributed by atoms with Gasteiger partial charge in [-0.05, 0) is 44.2 Å². The van der Waals surface area contributed by atoms with Crippen LogP contribution in [0.15, 0.2) is 53.7 Å². The topological polar surface area (TPSA) is 60.4 Å². The van der Waals surface area contributed by atoms with Crippen molar-refractivity contribution in [2.24, 2.45) is 5.16 Å². The van der Waals surface area contributed by atoms with Crippen LogP contribution in [-0.2, 0) is 9.63 Å². The van der Waals surface area contributed by atoms with Crippen molar-refractivity contribution in [2.45, 2.75) is 20.0 Å². The maximum absolute atomic E-state index is 12.4. The number of nitrogens with zero attached hydrogens (tertiary/aromatic N) is 2. The number of carbonyl (C=O) groups is 1. The standard InChI is InChI=1S/C20H24N2O4/c1-5-25-18-12-11-16(13-19(18)24-4)14-21-26-15(2)20(23)22(3)17-9-7-6-8-10-17/h6-15H,5H2,1-4H3. The molecule has 6 heteroatoms. The Morgan fingerprint density at radius 3 is 2.58 bits per heavy atom. The molecule has 0 aromatic heterocycles. The fraction of sp³-hybridized carbons (Fsp3) is 0.300. The molecule has 0 aliphatic heterocycles. The molecule has 0 N–H and O–H groups in total. The zero-order valence-electron chi connectivity index (χ0n) is 15.5. The molecule has 0 heterocycles. The van der Waals surface area contributed by atoms with Gasteiger partial charge in [0.1, 0.15) is 0 Å². The minimum Gasteiger partial charge on any atom is -0.493 e. The number of oxime groups is 1. The molecule has 0 aliphatic carbocycles. The zero-order valence-corrected chi connectivity index (χ0v) is 15.5. The lowest BCUT2D eigenvalue weighted by Crippen LogP contribution is -2.35. The minimum atomic E-state index is -0.707. The Balaban J connectivity index is 1.98. The highest BCUT2D eigenvalue weighted by Crippen LogP contribution is 2.27. The van der Waals surface area contributed by atoms with E-state index in [9.17, 15) is 4.79 Å². The molecule has 2 aromatic rings. The summed E-state index contributed by atoms with van der Waals surface area (Å²) in [6.45, 7) is 4.13. The number of ether oxygens (including phenoxy) is 2. The van der Waals surface area contributed by atoms with Crippen molar-refractivity contribution >= 4 is 17.8 Å². The third kappa shape index (κ3) is 4.99. The van der Waals surface area contributed by atoms with Crippen LogP contribution in [0, 0.1) is 0 Å². The maximum atomic E-state index is 12.4. The molecule has 1 amide bonds. The smallest absolute Gasteiger partial charge is 0.270 e. The van der Waals surface area contributed by atoms with Gasteiger partial charge in [-0.25, -0.2) is 0 Å². The first-order valence-corrected chi connectivity index (χ1v) is 8.39. The molecule has 0 radical (unpaired) electrons. The molecule has 6 nitrogen and oxygen atoms in total. The third-order valence-corrected chi connectivity index (χ3v) is 3.73. The van der Waals surface area contributed by atoms with E-state index in [0.717, 1.165) is 11.3 Å². The highest BCUT2D eigenvalue weighted by molar-refractivity contribution is 5.95. The molecule has 0 aliphatic rings. The van der Waals surface area contributed by atoms with Crippen LogP contribution >= 0.6 is 0 Å². The van der Waals surface area contributed by atoms with Crippen molar-refractivity contribution in [3.8, 4) is 11.5 Å². The first-order chi connectivity index (χ1) is 12.6. The number of hydrogen-bond acceptors (Lipinski definition) is 5.